The number of anilines is 1. The zero-order chi connectivity index (χ0) is 11.2. The molecular weight excluding hydrogens is 309 g/mol. The Morgan fingerprint density at radius 2 is 1.56 bits per heavy atom. The van der Waals surface area contributed by atoms with Crippen LogP contribution in [-0.4, -0.2) is 6.04 Å². The van der Waals surface area contributed by atoms with E-state index in [2.05, 4.69) is 52.2 Å². The quantitative estimate of drug-likeness (QED) is 0.768. The molecule has 0 amide bonds. The monoisotopic (exact) mass is 329 g/mol. The van der Waals surface area contributed by atoms with Crippen LogP contribution in [0.3, 0.4) is 0 Å². The molecule has 1 aromatic rings. The maximum atomic E-state index is 3.71. The number of halogens is 1. The van der Waals surface area contributed by atoms with Gasteiger partial charge in [-0.1, -0.05) is 44.2 Å². The molecule has 1 aromatic carbocycles. The van der Waals surface area contributed by atoms with Gasteiger partial charge in [-0.05, 0) is 47.6 Å². The average molecular weight is 329 g/mol. The lowest BCUT2D eigenvalue weighted by Gasteiger charge is -2.22. The van der Waals surface area contributed by atoms with Crippen molar-refractivity contribution in [2.75, 3.05) is 5.32 Å². The van der Waals surface area contributed by atoms with Crippen molar-refractivity contribution in [2.45, 2.75) is 51.0 Å². The van der Waals surface area contributed by atoms with Gasteiger partial charge in [0.1, 0.15) is 0 Å². The molecule has 1 N–H and O–H groups in total. The number of hydrogen-bond acceptors (Lipinski definition) is 1. The van der Waals surface area contributed by atoms with Gasteiger partial charge < -0.3 is 5.32 Å². The Labute approximate surface area is 112 Å². The first kappa shape index (κ1) is 12.2. The number of benzene rings is 1. The second-order valence-corrected chi connectivity index (χ2v) is 5.83. The highest BCUT2D eigenvalue weighted by Gasteiger charge is 2.11. The summed E-state index contributed by atoms with van der Waals surface area (Å²) in [5.74, 6) is 0. The van der Waals surface area contributed by atoms with Crippen molar-refractivity contribution >= 4 is 28.3 Å². The summed E-state index contributed by atoms with van der Waals surface area (Å²) in [6.07, 6.45) is 9.74. The molecule has 0 spiro atoms. The summed E-state index contributed by atoms with van der Waals surface area (Å²) >= 11 is 2.41. The minimum Gasteiger partial charge on any atom is -0.381 e. The SMILES string of the molecule is Ic1ccccc1NC1CCCCCCC1. The van der Waals surface area contributed by atoms with E-state index in [1.165, 1.54) is 54.2 Å². The summed E-state index contributed by atoms with van der Waals surface area (Å²) in [7, 11) is 0. The van der Waals surface area contributed by atoms with Crippen LogP contribution in [0, 0.1) is 3.57 Å². The predicted octanol–water partition coefficient (Wildman–Crippen LogP) is 4.82. The molecular formula is C14H20IN. The summed E-state index contributed by atoms with van der Waals surface area (Å²) in [4.78, 5) is 0. The molecule has 2 rings (SSSR count). The van der Waals surface area contributed by atoms with Gasteiger partial charge >= 0.3 is 0 Å². The predicted molar refractivity (Wildman–Crippen MR) is 78.9 cm³/mol. The fourth-order valence-electron chi connectivity index (χ4n) is 2.40. The average Bonchev–Trinajstić information content (AvgIpc) is 2.24. The largest absolute Gasteiger partial charge is 0.381 e. The first-order valence-electron chi connectivity index (χ1n) is 6.37. The first-order valence-corrected chi connectivity index (χ1v) is 7.45. The van der Waals surface area contributed by atoms with E-state index in [1.54, 1.807) is 0 Å². The van der Waals surface area contributed by atoms with E-state index in [0.29, 0.717) is 6.04 Å². The zero-order valence-corrected chi connectivity index (χ0v) is 11.9. The third kappa shape index (κ3) is 3.65. The molecule has 1 nitrogen and oxygen atoms in total. The van der Waals surface area contributed by atoms with Crippen molar-refractivity contribution in [1.82, 2.24) is 0 Å². The second-order valence-electron chi connectivity index (χ2n) is 4.67. The van der Waals surface area contributed by atoms with Crippen molar-refractivity contribution in [3.8, 4) is 0 Å². The number of nitrogens with one attached hydrogen (secondary N) is 1. The highest BCUT2D eigenvalue weighted by Crippen LogP contribution is 2.23. The van der Waals surface area contributed by atoms with Gasteiger partial charge in [-0.2, -0.15) is 0 Å². The fourth-order valence-corrected chi connectivity index (χ4v) is 2.94. The molecule has 0 aromatic heterocycles. The number of para-hydroxylation sites is 1. The van der Waals surface area contributed by atoms with Gasteiger partial charge in [-0.3, -0.25) is 0 Å². The van der Waals surface area contributed by atoms with Crippen molar-refractivity contribution in [3.63, 3.8) is 0 Å². The summed E-state index contributed by atoms with van der Waals surface area (Å²) in [5, 5.41) is 3.71. The lowest BCUT2D eigenvalue weighted by molar-refractivity contribution is 0.471. The van der Waals surface area contributed by atoms with Crippen LogP contribution < -0.4 is 5.32 Å². The van der Waals surface area contributed by atoms with Crippen LogP contribution in [0.15, 0.2) is 24.3 Å². The van der Waals surface area contributed by atoms with Gasteiger partial charge in [0.2, 0.25) is 0 Å². The summed E-state index contributed by atoms with van der Waals surface area (Å²) in [5.41, 5.74) is 1.31. The lowest BCUT2D eigenvalue weighted by atomic mass is 9.96. The van der Waals surface area contributed by atoms with Crippen molar-refractivity contribution < 1.29 is 0 Å². The molecule has 88 valence electrons. The Balaban J connectivity index is 1.94. The summed E-state index contributed by atoms with van der Waals surface area (Å²) in [6.45, 7) is 0. The molecule has 16 heavy (non-hydrogen) atoms. The highest BCUT2D eigenvalue weighted by atomic mass is 127. The van der Waals surface area contributed by atoms with Gasteiger partial charge in [0.05, 0.1) is 0 Å². The van der Waals surface area contributed by atoms with E-state index in [-0.39, 0.29) is 0 Å². The highest BCUT2D eigenvalue weighted by molar-refractivity contribution is 14.1. The molecule has 1 aliphatic carbocycles. The van der Waals surface area contributed by atoms with Crippen LogP contribution in [0.1, 0.15) is 44.9 Å². The number of rotatable bonds is 2. The topological polar surface area (TPSA) is 12.0 Å². The lowest BCUT2D eigenvalue weighted by Crippen LogP contribution is -2.21. The third-order valence-corrected chi connectivity index (χ3v) is 4.28. The maximum Gasteiger partial charge on any atom is 0.0478 e. The minimum absolute atomic E-state index is 0.691. The number of hydrogen-bond donors (Lipinski definition) is 1. The van der Waals surface area contributed by atoms with E-state index in [9.17, 15) is 0 Å². The second kappa shape index (κ2) is 6.48. The smallest absolute Gasteiger partial charge is 0.0478 e. The summed E-state index contributed by atoms with van der Waals surface area (Å²) < 4.78 is 1.34. The molecule has 2 heteroatoms. The first-order chi connectivity index (χ1) is 7.86. The molecule has 0 saturated heterocycles. The Kier molecular flexibility index (Phi) is 4.94. The van der Waals surface area contributed by atoms with Crippen LogP contribution in [0.25, 0.3) is 0 Å². The van der Waals surface area contributed by atoms with Crippen LogP contribution in [0.5, 0.6) is 0 Å². The standard InChI is InChI=1S/C14H20IN/c15-13-10-6-7-11-14(13)16-12-8-4-2-1-3-5-9-12/h6-7,10-12,16H,1-5,8-9H2. The Morgan fingerprint density at radius 3 is 2.25 bits per heavy atom. The van der Waals surface area contributed by atoms with Gasteiger partial charge in [-0.15, -0.1) is 0 Å². The molecule has 0 heterocycles. The molecule has 0 bridgehead atoms. The Morgan fingerprint density at radius 1 is 0.938 bits per heavy atom. The van der Waals surface area contributed by atoms with E-state index < -0.39 is 0 Å². The molecule has 0 aliphatic heterocycles. The normalized spacial score (nSPS) is 18.8. The van der Waals surface area contributed by atoms with Crippen LogP contribution in [0.2, 0.25) is 0 Å². The Bertz CT molecular complexity index is 316. The zero-order valence-electron chi connectivity index (χ0n) is 9.71. The van der Waals surface area contributed by atoms with E-state index in [4.69, 9.17) is 0 Å². The summed E-state index contributed by atoms with van der Waals surface area (Å²) in [6, 6.07) is 9.28. The molecule has 0 unspecified atom stereocenters. The fraction of sp³-hybridized carbons (Fsp3) is 0.571. The van der Waals surface area contributed by atoms with Crippen molar-refractivity contribution in [3.05, 3.63) is 27.8 Å². The van der Waals surface area contributed by atoms with Crippen LogP contribution >= 0.6 is 22.6 Å². The van der Waals surface area contributed by atoms with Gasteiger partial charge in [0, 0.05) is 15.3 Å². The molecule has 0 radical (unpaired) electrons. The molecule has 0 atom stereocenters. The van der Waals surface area contributed by atoms with E-state index in [0.717, 1.165) is 0 Å². The van der Waals surface area contributed by atoms with Gasteiger partial charge in [0.15, 0.2) is 0 Å². The Hall–Kier alpha value is -0.250. The van der Waals surface area contributed by atoms with Crippen LogP contribution in [0.4, 0.5) is 5.69 Å². The van der Waals surface area contributed by atoms with Crippen molar-refractivity contribution in [1.29, 1.82) is 0 Å². The van der Waals surface area contributed by atoms with E-state index >= 15 is 0 Å². The van der Waals surface area contributed by atoms with E-state index in [1.807, 2.05) is 0 Å². The van der Waals surface area contributed by atoms with Gasteiger partial charge in [-0.25, -0.2) is 0 Å². The molecule has 1 aliphatic rings. The van der Waals surface area contributed by atoms with Gasteiger partial charge in [0.25, 0.3) is 0 Å². The third-order valence-electron chi connectivity index (χ3n) is 3.34. The van der Waals surface area contributed by atoms with Crippen LogP contribution in [-0.2, 0) is 0 Å². The molecule has 1 fully saturated rings. The van der Waals surface area contributed by atoms with Crippen molar-refractivity contribution in [2.24, 2.45) is 0 Å². The molecule has 1 saturated carbocycles. The maximum absolute atomic E-state index is 3.71. The minimum atomic E-state index is 0.691.